The molecule has 2 aromatic rings. The van der Waals surface area contributed by atoms with Gasteiger partial charge in [0.2, 0.25) is 5.91 Å². The fourth-order valence-corrected chi connectivity index (χ4v) is 4.70. The smallest absolute Gasteiger partial charge is 0.338 e. The lowest BCUT2D eigenvalue weighted by atomic mass is 9.94. The van der Waals surface area contributed by atoms with Crippen molar-refractivity contribution >= 4 is 40.4 Å². The summed E-state index contributed by atoms with van der Waals surface area (Å²) in [6.07, 6.45) is 0.385. The van der Waals surface area contributed by atoms with E-state index in [0.717, 1.165) is 5.56 Å². The number of fused-ring (bicyclic) bond motifs is 1. The van der Waals surface area contributed by atoms with Crippen LogP contribution in [0.3, 0.4) is 0 Å². The largest absolute Gasteiger partial charge is 0.457 e. The third-order valence-corrected chi connectivity index (χ3v) is 6.14. The zero-order valence-electron chi connectivity index (χ0n) is 15.8. The van der Waals surface area contributed by atoms with Crippen molar-refractivity contribution in [3.8, 4) is 0 Å². The van der Waals surface area contributed by atoms with Crippen LogP contribution in [0, 0.1) is 0 Å². The Morgan fingerprint density at radius 2 is 1.93 bits per heavy atom. The Balaban J connectivity index is 1.73. The molecule has 5 nitrogen and oxygen atoms in total. The van der Waals surface area contributed by atoms with E-state index in [2.05, 4.69) is 4.99 Å². The van der Waals surface area contributed by atoms with Crippen LogP contribution in [0.5, 0.6) is 0 Å². The summed E-state index contributed by atoms with van der Waals surface area (Å²) in [5.41, 5.74) is 2.46. The first-order valence-electron chi connectivity index (χ1n) is 9.26. The Morgan fingerprint density at radius 3 is 2.69 bits per heavy atom. The molecule has 2 heterocycles. The predicted molar refractivity (Wildman–Crippen MR) is 114 cm³/mol. The van der Waals surface area contributed by atoms with Crippen LogP contribution in [0.1, 0.15) is 30.5 Å². The number of benzene rings is 2. The maximum atomic E-state index is 13.1. The summed E-state index contributed by atoms with van der Waals surface area (Å²) in [6.45, 7) is 1.91. The van der Waals surface area contributed by atoms with E-state index >= 15 is 0 Å². The molecule has 4 rings (SSSR count). The van der Waals surface area contributed by atoms with Crippen LogP contribution in [0.2, 0.25) is 5.02 Å². The molecule has 0 aromatic heterocycles. The number of nitrogens with zero attached hydrogens (tertiary/aromatic N) is 2. The van der Waals surface area contributed by atoms with Crippen LogP contribution in [0.25, 0.3) is 0 Å². The van der Waals surface area contributed by atoms with E-state index in [1.807, 2.05) is 48.5 Å². The summed E-state index contributed by atoms with van der Waals surface area (Å²) in [7, 11) is 0. The summed E-state index contributed by atoms with van der Waals surface area (Å²) in [5, 5.41) is 1.09. The van der Waals surface area contributed by atoms with Crippen molar-refractivity contribution in [2.45, 2.75) is 26.0 Å². The number of allylic oxidation sites excluding steroid dienone is 1. The summed E-state index contributed by atoms with van der Waals surface area (Å²) in [4.78, 5) is 32.0. The number of ether oxygens (including phenoxy) is 1. The van der Waals surface area contributed by atoms with Gasteiger partial charge in [0.25, 0.3) is 0 Å². The van der Waals surface area contributed by atoms with E-state index in [1.165, 1.54) is 11.8 Å². The molecule has 0 spiro atoms. The second kappa shape index (κ2) is 8.43. The molecule has 148 valence electrons. The fraction of sp³-hybridized carbons (Fsp3) is 0.227. The van der Waals surface area contributed by atoms with Gasteiger partial charge >= 0.3 is 5.97 Å². The first-order chi connectivity index (χ1) is 14.1. The van der Waals surface area contributed by atoms with Gasteiger partial charge in [0, 0.05) is 17.2 Å². The van der Waals surface area contributed by atoms with Gasteiger partial charge in [-0.05, 0) is 24.1 Å². The van der Waals surface area contributed by atoms with Crippen molar-refractivity contribution in [3.63, 3.8) is 0 Å². The lowest BCUT2D eigenvalue weighted by Crippen LogP contribution is -2.45. The highest BCUT2D eigenvalue weighted by Crippen LogP contribution is 2.42. The molecule has 0 radical (unpaired) electrons. The SMILES string of the molecule is CC1=C(C(=O)OCc2ccccc2)[C@H](c2ccccc2Cl)N2C(=O)CCSC2=N1. The molecule has 0 unspecified atom stereocenters. The summed E-state index contributed by atoms with van der Waals surface area (Å²) in [6, 6.07) is 16.1. The highest BCUT2D eigenvalue weighted by atomic mass is 35.5. The van der Waals surface area contributed by atoms with Gasteiger partial charge in [-0.1, -0.05) is 71.9 Å². The average molecular weight is 427 g/mol. The minimum absolute atomic E-state index is 0.0757. The fourth-order valence-electron chi connectivity index (χ4n) is 3.45. The average Bonchev–Trinajstić information content (AvgIpc) is 2.72. The molecule has 1 fully saturated rings. The maximum Gasteiger partial charge on any atom is 0.338 e. The van der Waals surface area contributed by atoms with Crippen molar-refractivity contribution in [1.29, 1.82) is 0 Å². The third kappa shape index (κ3) is 3.95. The summed E-state index contributed by atoms with van der Waals surface area (Å²) >= 11 is 7.98. The topological polar surface area (TPSA) is 59.0 Å². The van der Waals surface area contributed by atoms with E-state index in [4.69, 9.17) is 16.3 Å². The van der Waals surface area contributed by atoms with Crippen LogP contribution >= 0.6 is 23.4 Å². The van der Waals surface area contributed by atoms with Crippen LogP contribution in [0.15, 0.2) is 70.9 Å². The van der Waals surface area contributed by atoms with Gasteiger partial charge < -0.3 is 4.74 Å². The molecular weight excluding hydrogens is 408 g/mol. The zero-order valence-corrected chi connectivity index (χ0v) is 17.4. The van der Waals surface area contributed by atoms with Gasteiger partial charge in [-0.25, -0.2) is 9.79 Å². The van der Waals surface area contributed by atoms with Crippen molar-refractivity contribution in [1.82, 2.24) is 4.90 Å². The second-order valence-electron chi connectivity index (χ2n) is 6.74. The normalized spacial score (nSPS) is 19.0. The van der Waals surface area contributed by atoms with E-state index in [9.17, 15) is 9.59 Å². The molecule has 0 bridgehead atoms. The Labute approximate surface area is 178 Å². The molecule has 7 heteroatoms. The van der Waals surface area contributed by atoms with Crippen molar-refractivity contribution in [3.05, 3.63) is 82.0 Å². The molecule has 0 aliphatic carbocycles. The Hall–Kier alpha value is -2.57. The first kappa shape index (κ1) is 19.7. The molecule has 29 heavy (non-hydrogen) atoms. The molecule has 1 atom stereocenters. The number of hydrogen-bond acceptors (Lipinski definition) is 5. The van der Waals surface area contributed by atoms with Crippen molar-refractivity contribution in [2.24, 2.45) is 4.99 Å². The molecule has 2 aliphatic rings. The number of aliphatic imine (C=N–C) groups is 1. The number of rotatable bonds is 4. The Bertz CT molecular complexity index is 1020. The predicted octanol–water partition coefficient (Wildman–Crippen LogP) is 4.73. The third-order valence-electron chi connectivity index (χ3n) is 4.84. The van der Waals surface area contributed by atoms with Crippen molar-refractivity contribution < 1.29 is 14.3 Å². The summed E-state index contributed by atoms with van der Waals surface area (Å²) < 4.78 is 5.59. The number of thioether (sulfide) groups is 1. The van der Waals surface area contributed by atoms with E-state index in [0.29, 0.717) is 39.2 Å². The number of carbonyl (C=O) groups is 2. The minimum atomic E-state index is -0.653. The van der Waals surface area contributed by atoms with Gasteiger partial charge in [-0.15, -0.1) is 0 Å². The van der Waals surface area contributed by atoms with Crippen LogP contribution < -0.4 is 0 Å². The Kier molecular flexibility index (Phi) is 5.74. The molecule has 0 saturated carbocycles. The number of carbonyl (C=O) groups excluding carboxylic acids is 2. The highest BCUT2D eigenvalue weighted by Gasteiger charge is 2.42. The van der Waals surface area contributed by atoms with Gasteiger partial charge in [-0.2, -0.15) is 0 Å². The molecule has 0 N–H and O–H groups in total. The number of halogens is 1. The van der Waals surface area contributed by atoms with E-state index < -0.39 is 12.0 Å². The molecular formula is C22H19ClN2O3S. The number of esters is 1. The monoisotopic (exact) mass is 426 g/mol. The van der Waals surface area contributed by atoms with E-state index in [1.54, 1.807) is 17.9 Å². The molecule has 1 saturated heterocycles. The van der Waals surface area contributed by atoms with Gasteiger partial charge in [0.15, 0.2) is 5.17 Å². The van der Waals surface area contributed by atoms with Crippen molar-refractivity contribution in [2.75, 3.05) is 5.75 Å². The zero-order chi connectivity index (χ0) is 20.4. The van der Waals surface area contributed by atoms with Gasteiger partial charge in [0.1, 0.15) is 6.61 Å². The summed E-state index contributed by atoms with van der Waals surface area (Å²) in [5.74, 6) is 0.0977. The highest BCUT2D eigenvalue weighted by molar-refractivity contribution is 8.14. The first-order valence-corrected chi connectivity index (χ1v) is 10.6. The van der Waals surface area contributed by atoms with Crippen LogP contribution in [-0.2, 0) is 20.9 Å². The molecule has 1 amide bonds. The number of amidine groups is 1. The lowest BCUT2D eigenvalue weighted by Gasteiger charge is -2.39. The lowest BCUT2D eigenvalue weighted by molar-refractivity contribution is -0.141. The van der Waals surface area contributed by atoms with Gasteiger partial charge in [-0.3, -0.25) is 9.69 Å². The van der Waals surface area contributed by atoms with Crippen LogP contribution in [-0.4, -0.2) is 27.7 Å². The minimum Gasteiger partial charge on any atom is -0.457 e. The van der Waals surface area contributed by atoms with Gasteiger partial charge in [0.05, 0.1) is 17.3 Å². The second-order valence-corrected chi connectivity index (χ2v) is 8.21. The Morgan fingerprint density at radius 1 is 1.21 bits per heavy atom. The van der Waals surface area contributed by atoms with E-state index in [-0.39, 0.29) is 12.5 Å². The standard InChI is InChI=1S/C22H19ClN2O3S/c1-14-19(21(27)28-13-15-7-3-2-4-8-15)20(16-9-5-6-10-17(16)23)25-18(26)11-12-29-22(25)24-14/h2-10,20H,11-13H2,1H3/t20-/m0/s1. The molecule has 2 aromatic carbocycles. The quantitative estimate of drug-likeness (QED) is 0.663. The maximum absolute atomic E-state index is 13.1. The molecule has 2 aliphatic heterocycles. The number of hydrogen-bond donors (Lipinski definition) is 0. The number of amides is 1. The van der Waals surface area contributed by atoms with Crippen LogP contribution in [0.4, 0.5) is 0 Å².